The van der Waals surface area contributed by atoms with Gasteiger partial charge in [-0.05, 0) is 61.2 Å². The molecule has 1 aliphatic carbocycles. The minimum absolute atomic E-state index is 0.0810. The Balaban J connectivity index is 1.63. The fourth-order valence-corrected chi connectivity index (χ4v) is 4.12. The number of carbonyl (C=O) groups excluding carboxylic acids is 2. The van der Waals surface area contributed by atoms with Gasteiger partial charge in [-0.1, -0.05) is 29.8 Å². The first-order valence-corrected chi connectivity index (χ1v) is 10.8. The molecular formula is C20H20ClN3O4S. The van der Waals surface area contributed by atoms with Crippen LogP contribution >= 0.6 is 11.6 Å². The summed E-state index contributed by atoms with van der Waals surface area (Å²) in [4.78, 5) is 24.1. The predicted molar refractivity (Wildman–Crippen MR) is 111 cm³/mol. The van der Waals surface area contributed by atoms with E-state index in [1.165, 1.54) is 36.4 Å². The Morgan fingerprint density at radius 1 is 1.07 bits per heavy atom. The average Bonchev–Trinajstić information content (AvgIpc) is 3.21. The van der Waals surface area contributed by atoms with E-state index in [0.717, 1.165) is 12.8 Å². The lowest BCUT2D eigenvalue weighted by atomic mass is 10.1. The molecule has 0 aliphatic heterocycles. The highest BCUT2D eigenvalue weighted by Gasteiger charge is 2.18. The summed E-state index contributed by atoms with van der Waals surface area (Å²) in [5, 5.41) is 0.484. The number of hydrogen-bond acceptors (Lipinski definition) is 4. The van der Waals surface area contributed by atoms with Crippen molar-refractivity contribution in [3.63, 3.8) is 0 Å². The number of hydrogen-bond donors (Lipinski definition) is 3. The number of allylic oxidation sites excluding steroid dienone is 2. The van der Waals surface area contributed by atoms with Gasteiger partial charge in [0.2, 0.25) is 5.91 Å². The molecule has 0 spiro atoms. The van der Waals surface area contributed by atoms with Gasteiger partial charge in [0.15, 0.2) is 0 Å². The molecule has 2 aromatic rings. The Labute approximate surface area is 174 Å². The Kier molecular flexibility index (Phi) is 6.56. The zero-order chi connectivity index (χ0) is 20.9. The highest BCUT2D eigenvalue weighted by atomic mass is 35.5. The van der Waals surface area contributed by atoms with Crippen molar-refractivity contribution in [1.29, 1.82) is 0 Å². The lowest BCUT2D eigenvalue weighted by Crippen LogP contribution is -2.42. The van der Waals surface area contributed by atoms with Crippen LogP contribution in [-0.4, -0.2) is 20.2 Å². The van der Waals surface area contributed by atoms with Gasteiger partial charge in [0.05, 0.1) is 4.90 Å². The molecule has 1 unspecified atom stereocenters. The molecule has 3 N–H and O–H groups in total. The van der Waals surface area contributed by atoms with Crippen molar-refractivity contribution in [1.82, 2.24) is 10.9 Å². The van der Waals surface area contributed by atoms with Crippen LogP contribution in [0.1, 0.15) is 29.6 Å². The normalized spacial score (nSPS) is 15.7. The number of halogens is 1. The third-order valence-corrected chi connectivity index (χ3v) is 6.01. The van der Waals surface area contributed by atoms with Crippen molar-refractivity contribution in [3.8, 4) is 0 Å². The topological polar surface area (TPSA) is 104 Å². The molecule has 0 saturated heterocycles. The van der Waals surface area contributed by atoms with Gasteiger partial charge in [-0.2, -0.15) is 0 Å². The molecule has 7 nitrogen and oxygen atoms in total. The number of anilines is 1. The number of amides is 2. The zero-order valence-electron chi connectivity index (χ0n) is 15.4. The average molecular weight is 434 g/mol. The fraction of sp³-hybridized carbons (Fsp3) is 0.200. The number of carbonyl (C=O) groups is 2. The van der Waals surface area contributed by atoms with Gasteiger partial charge in [0.1, 0.15) is 0 Å². The van der Waals surface area contributed by atoms with Crippen LogP contribution in [0.15, 0.2) is 65.6 Å². The van der Waals surface area contributed by atoms with Crippen molar-refractivity contribution >= 4 is 39.1 Å². The largest absolute Gasteiger partial charge is 0.280 e. The molecule has 2 amide bonds. The van der Waals surface area contributed by atoms with Crippen LogP contribution in [0.3, 0.4) is 0 Å². The molecule has 0 bridgehead atoms. The van der Waals surface area contributed by atoms with Crippen molar-refractivity contribution < 1.29 is 18.0 Å². The quantitative estimate of drug-likeness (QED) is 0.480. The van der Waals surface area contributed by atoms with Crippen LogP contribution in [0.2, 0.25) is 5.02 Å². The van der Waals surface area contributed by atoms with E-state index in [0.29, 0.717) is 10.7 Å². The lowest BCUT2D eigenvalue weighted by molar-refractivity contribution is -0.122. The second kappa shape index (κ2) is 9.11. The van der Waals surface area contributed by atoms with Crippen LogP contribution in [0.5, 0.6) is 0 Å². The molecule has 0 fully saturated rings. The SMILES string of the molecule is O=C(CC1C=CCC1)NNC(=O)c1cccc(S(=O)(=O)Nc2ccc(Cl)cc2)c1. The van der Waals surface area contributed by atoms with Crippen molar-refractivity contribution in [2.75, 3.05) is 4.72 Å². The molecule has 0 saturated carbocycles. The molecule has 0 aromatic heterocycles. The monoisotopic (exact) mass is 433 g/mol. The number of rotatable bonds is 6. The Hall–Kier alpha value is -2.84. The van der Waals surface area contributed by atoms with E-state index < -0.39 is 15.9 Å². The number of sulfonamides is 1. The van der Waals surface area contributed by atoms with Gasteiger partial charge in [0.25, 0.3) is 15.9 Å². The Morgan fingerprint density at radius 3 is 2.52 bits per heavy atom. The van der Waals surface area contributed by atoms with Gasteiger partial charge < -0.3 is 0 Å². The van der Waals surface area contributed by atoms with E-state index in [1.807, 2.05) is 12.2 Å². The number of nitrogens with one attached hydrogen (secondary N) is 3. The van der Waals surface area contributed by atoms with Crippen molar-refractivity contribution in [2.24, 2.45) is 5.92 Å². The standard InChI is InChI=1S/C20H20ClN3O4S/c21-16-8-10-17(11-9-16)24-29(27,28)18-7-3-6-15(13-18)20(26)23-22-19(25)12-14-4-1-2-5-14/h1,3-4,6-11,13-14,24H,2,5,12H2,(H,22,25)(H,23,26). The maximum atomic E-state index is 12.6. The summed E-state index contributed by atoms with van der Waals surface area (Å²) in [6.45, 7) is 0. The van der Waals surface area contributed by atoms with Crippen LogP contribution in [-0.2, 0) is 14.8 Å². The first kappa shape index (κ1) is 20.9. The van der Waals surface area contributed by atoms with Crippen LogP contribution in [0, 0.1) is 5.92 Å². The van der Waals surface area contributed by atoms with Gasteiger partial charge in [-0.15, -0.1) is 0 Å². The van der Waals surface area contributed by atoms with E-state index in [9.17, 15) is 18.0 Å². The van der Waals surface area contributed by atoms with E-state index in [2.05, 4.69) is 15.6 Å². The second-order valence-corrected chi connectivity index (χ2v) is 8.73. The first-order chi connectivity index (χ1) is 13.8. The first-order valence-electron chi connectivity index (χ1n) is 8.98. The van der Waals surface area contributed by atoms with E-state index >= 15 is 0 Å². The second-order valence-electron chi connectivity index (χ2n) is 6.61. The third kappa shape index (κ3) is 5.82. The minimum Gasteiger partial charge on any atom is -0.280 e. The molecule has 0 heterocycles. The van der Waals surface area contributed by atoms with Crippen molar-refractivity contribution in [2.45, 2.75) is 24.2 Å². The van der Waals surface area contributed by atoms with Gasteiger partial charge in [0, 0.05) is 22.7 Å². The lowest BCUT2D eigenvalue weighted by Gasteiger charge is -2.11. The summed E-state index contributed by atoms with van der Waals surface area (Å²) < 4.78 is 27.6. The van der Waals surface area contributed by atoms with Crippen LogP contribution in [0.25, 0.3) is 0 Å². The van der Waals surface area contributed by atoms with E-state index in [4.69, 9.17) is 11.6 Å². The molecule has 1 aliphatic rings. The van der Waals surface area contributed by atoms with Gasteiger partial charge in [-0.25, -0.2) is 8.42 Å². The smallest absolute Gasteiger partial charge is 0.269 e. The molecule has 9 heteroatoms. The summed E-state index contributed by atoms with van der Waals surface area (Å²) in [5.74, 6) is -0.730. The van der Waals surface area contributed by atoms with E-state index in [-0.39, 0.29) is 28.7 Å². The summed E-state index contributed by atoms with van der Waals surface area (Å²) in [7, 11) is -3.90. The fourth-order valence-electron chi connectivity index (χ4n) is 2.89. The molecule has 29 heavy (non-hydrogen) atoms. The molecule has 2 aromatic carbocycles. The molecule has 3 rings (SSSR count). The van der Waals surface area contributed by atoms with Crippen LogP contribution in [0.4, 0.5) is 5.69 Å². The maximum absolute atomic E-state index is 12.6. The molecule has 1 atom stereocenters. The molecular weight excluding hydrogens is 414 g/mol. The van der Waals surface area contributed by atoms with Gasteiger partial charge >= 0.3 is 0 Å². The van der Waals surface area contributed by atoms with Crippen LogP contribution < -0.4 is 15.6 Å². The molecule has 0 radical (unpaired) electrons. The predicted octanol–water partition coefficient (Wildman–Crippen LogP) is 3.26. The summed E-state index contributed by atoms with van der Waals surface area (Å²) >= 11 is 5.80. The Morgan fingerprint density at radius 2 is 1.83 bits per heavy atom. The van der Waals surface area contributed by atoms with Gasteiger partial charge in [-0.3, -0.25) is 25.2 Å². The summed E-state index contributed by atoms with van der Waals surface area (Å²) in [6, 6.07) is 11.7. The summed E-state index contributed by atoms with van der Waals surface area (Å²) in [5.41, 5.74) is 5.12. The van der Waals surface area contributed by atoms with E-state index in [1.54, 1.807) is 12.1 Å². The summed E-state index contributed by atoms with van der Waals surface area (Å²) in [6.07, 6.45) is 6.18. The third-order valence-electron chi connectivity index (χ3n) is 4.38. The number of hydrazine groups is 1. The maximum Gasteiger partial charge on any atom is 0.269 e. The van der Waals surface area contributed by atoms with Crippen molar-refractivity contribution in [3.05, 3.63) is 71.3 Å². The zero-order valence-corrected chi connectivity index (χ0v) is 17.0. The number of benzene rings is 2. The molecule has 152 valence electrons. The Bertz CT molecular complexity index is 1040. The highest BCUT2D eigenvalue weighted by Crippen LogP contribution is 2.20. The minimum atomic E-state index is -3.90. The highest BCUT2D eigenvalue weighted by molar-refractivity contribution is 7.92.